The summed E-state index contributed by atoms with van der Waals surface area (Å²) in [7, 11) is 0. The first kappa shape index (κ1) is 7.03. The van der Waals surface area contributed by atoms with Crippen LogP contribution in [0.5, 0.6) is 5.75 Å². The van der Waals surface area contributed by atoms with Gasteiger partial charge in [-0.1, -0.05) is 0 Å². The molecule has 0 radical (unpaired) electrons. The average molecular weight is 163 g/mol. The van der Waals surface area contributed by atoms with Crippen molar-refractivity contribution in [2.45, 2.75) is 6.92 Å². The van der Waals surface area contributed by atoms with Crippen LogP contribution < -0.4 is 5.73 Å². The van der Waals surface area contributed by atoms with E-state index in [1.165, 1.54) is 0 Å². The van der Waals surface area contributed by atoms with Gasteiger partial charge in [0.1, 0.15) is 11.3 Å². The van der Waals surface area contributed by atoms with E-state index < -0.39 is 0 Å². The molecule has 0 aliphatic carbocycles. The first-order valence-electron chi connectivity index (χ1n) is 3.65. The van der Waals surface area contributed by atoms with Gasteiger partial charge in [0.05, 0.1) is 12.0 Å². The largest absolute Gasteiger partial charge is 0.505 e. The number of nitrogen functional groups attached to an aromatic ring is 1. The zero-order valence-corrected chi connectivity index (χ0v) is 6.66. The molecule has 1 aromatic heterocycles. The van der Waals surface area contributed by atoms with E-state index >= 15 is 0 Å². The predicted octanol–water partition coefficient (Wildman–Crippen LogP) is 2.03. The number of rotatable bonds is 0. The van der Waals surface area contributed by atoms with Gasteiger partial charge in [0.25, 0.3) is 0 Å². The van der Waals surface area contributed by atoms with Crippen molar-refractivity contribution in [2.24, 2.45) is 0 Å². The van der Waals surface area contributed by atoms with Crippen LogP contribution in [0.4, 0.5) is 5.69 Å². The number of benzene rings is 1. The lowest BCUT2D eigenvalue weighted by Gasteiger charge is -2.02. The van der Waals surface area contributed by atoms with Crippen LogP contribution in [0, 0.1) is 6.92 Å². The molecule has 0 aliphatic heterocycles. The van der Waals surface area contributed by atoms with Crippen LogP contribution in [-0.2, 0) is 0 Å². The molecule has 0 aliphatic rings. The monoisotopic (exact) mass is 163 g/mol. The Kier molecular flexibility index (Phi) is 1.27. The zero-order chi connectivity index (χ0) is 8.72. The Bertz CT molecular complexity index is 431. The molecule has 0 fully saturated rings. The third-order valence-corrected chi connectivity index (χ3v) is 1.98. The van der Waals surface area contributed by atoms with E-state index in [1.807, 2.05) is 6.07 Å². The van der Waals surface area contributed by atoms with E-state index in [4.69, 9.17) is 10.2 Å². The van der Waals surface area contributed by atoms with Gasteiger partial charge in [-0.15, -0.1) is 0 Å². The van der Waals surface area contributed by atoms with Crippen LogP contribution in [0.3, 0.4) is 0 Å². The minimum atomic E-state index is 0.109. The maximum Gasteiger partial charge on any atom is 0.145 e. The average Bonchev–Trinajstić information content (AvgIpc) is 2.48. The summed E-state index contributed by atoms with van der Waals surface area (Å²) >= 11 is 0. The molecule has 1 heterocycles. The first-order valence-corrected chi connectivity index (χ1v) is 3.65. The van der Waals surface area contributed by atoms with Crippen molar-refractivity contribution in [3.8, 4) is 5.75 Å². The van der Waals surface area contributed by atoms with E-state index in [2.05, 4.69) is 0 Å². The summed E-state index contributed by atoms with van der Waals surface area (Å²) in [5.74, 6) is 0.109. The summed E-state index contributed by atoms with van der Waals surface area (Å²) in [4.78, 5) is 0. The molecule has 0 unspecified atom stereocenters. The van der Waals surface area contributed by atoms with Crippen molar-refractivity contribution >= 4 is 16.7 Å². The van der Waals surface area contributed by atoms with Gasteiger partial charge in [-0.3, -0.25) is 0 Å². The van der Waals surface area contributed by atoms with Gasteiger partial charge in [0, 0.05) is 10.9 Å². The molecule has 2 aromatic rings. The molecule has 3 nitrogen and oxygen atoms in total. The fraction of sp³-hybridized carbons (Fsp3) is 0.111. The highest BCUT2D eigenvalue weighted by Crippen LogP contribution is 2.32. The molecule has 12 heavy (non-hydrogen) atoms. The smallest absolute Gasteiger partial charge is 0.145 e. The lowest BCUT2D eigenvalue weighted by molar-refractivity contribution is 0.472. The Morgan fingerprint density at radius 1 is 1.50 bits per heavy atom. The number of aromatic hydroxyl groups is 1. The summed E-state index contributed by atoms with van der Waals surface area (Å²) in [6, 6.07) is 3.51. The molecule has 3 heteroatoms. The van der Waals surface area contributed by atoms with Gasteiger partial charge in [0.2, 0.25) is 0 Å². The summed E-state index contributed by atoms with van der Waals surface area (Å²) in [6.07, 6.45) is 1.58. The van der Waals surface area contributed by atoms with Crippen molar-refractivity contribution in [3.63, 3.8) is 0 Å². The Morgan fingerprint density at radius 2 is 2.25 bits per heavy atom. The van der Waals surface area contributed by atoms with Crippen molar-refractivity contribution in [3.05, 3.63) is 24.0 Å². The number of hydrogen-bond acceptors (Lipinski definition) is 3. The number of aryl methyl sites for hydroxylation is 1. The quantitative estimate of drug-likeness (QED) is 0.461. The summed E-state index contributed by atoms with van der Waals surface area (Å²) in [6.45, 7) is 1.78. The third-order valence-electron chi connectivity index (χ3n) is 1.98. The first-order chi connectivity index (χ1) is 5.70. The molecule has 0 amide bonds. The Labute approximate surface area is 69.4 Å². The van der Waals surface area contributed by atoms with E-state index in [0.29, 0.717) is 16.8 Å². The van der Waals surface area contributed by atoms with Crippen LogP contribution in [0.25, 0.3) is 11.0 Å². The fourth-order valence-electron chi connectivity index (χ4n) is 1.30. The van der Waals surface area contributed by atoms with Gasteiger partial charge in [-0.2, -0.15) is 0 Å². The van der Waals surface area contributed by atoms with E-state index in [-0.39, 0.29) is 5.75 Å². The summed E-state index contributed by atoms with van der Waals surface area (Å²) < 4.78 is 5.17. The van der Waals surface area contributed by atoms with Crippen molar-refractivity contribution < 1.29 is 9.52 Å². The normalized spacial score (nSPS) is 10.8. The summed E-state index contributed by atoms with van der Waals surface area (Å²) in [5.41, 5.74) is 7.33. The van der Waals surface area contributed by atoms with Gasteiger partial charge >= 0.3 is 0 Å². The number of phenols is 1. The lowest BCUT2D eigenvalue weighted by Crippen LogP contribution is -1.87. The van der Waals surface area contributed by atoms with E-state index in [0.717, 1.165) is 5.39 Å². The SMILES string of the molecule is Cc1c(O)c(N)cc2ccoc12. The second-order valence-corrected chi connectivity index (χ2v) is 2.78. The molecular formula is C9H9NO2. The number of phenolic OH excluding ortho intramolecular Hbond substituents is 1. The maximum atomic E-state index is 9.44. The zero-order valence-electron chi connectivity index (χ0n) is 6.66. The maximum absolute atomic E-state index is 9.44. The molecule has 0 saturated carbocycles. The highest BCUT2D eigenvalue weighted by molar-refractivity contribution is 5.87. The van der Waals surface area contributed by atoms with Gasteiger partial charge < -0.3 is 15.3 Å². The number of furan rings is 1. The van der Waals surface area contributed by atoms with Crippen LogP contribution in [0.2, 0.25) is 0 Å². The Balaban J connectivity index is 2.94. The minimum Gasteiger partial charge on any atom is -0.505 e. The molecule has 3 N–H and O–H groups in total. The molecule has 0 spiro atoms. The standard InChI is InChI=1S/C9H9NO2/c1-5-8(11)7(10)4-6-2-3-12-9(5)6/h2-4,11H,10H2,1H3. The molecule has 62 valence electrons. The number of nitrogens with two attached hydrogens (primary N) is 1. The molecule has 0 atom stereocenters. The molecule has 1 aromatic carbocycles. The minimum absolute atomic E-state index is 0.109. The molecule has 0 bridgehead atoms. The number of fused-ring (bicyclic) bond motifs is 1. The second-order valence-electron chi connectivity index (χ2n) is 2.78. The van der Waals surface area contributed by atoms with E-state index in [1.54, 1.807) is 19.3 Å². The van der Waals surface area contributed by atoms with Gasteiger partial charge in [-0.05, 0) is 19.1 Å². The van der Waals surface area contributed by atoms with E-state index in [9.17, 15) is 5.11 Å². The number of hydrogen-bond donors (Lipinski definition) is 2. The Hall–Kier alpha value is -1.64. The topological polar surface area (TPSA) is 59.4 Å². The highest BCUT2D eigenvalue weighted by atomic mass is 16.3. The molecule has 2 rings (SSSR count). The number of anilines is 1. The Morgan fingerprint density at radius 3 is 3.00 bits per heavy atom. The molecular weight excluding hydrogens is 154 g/mol. The highest BCUT2D eigenvalue weighted by Gasteiger charge is 2.08. The fourth-order valence-corrected chi connectivity index (χ4v) is 1.30. The van der Waals surface area contributed by atoms with Gasteiger partial charge in [0.15, 0.2) is 0 Å². The van der Waals surface area contributed by atoms with Crippen molar-refractivity contribution in [1.29, 1.82) is 0 Å². The summed E-state index contributed by atoms with van der Waals surface area (Å²) in [5, 5.41) is 10.4. The van der Waals surface area contributed by atoms with Crippen LogP contribution >= 0.6 is 0 Å². The van der Waals surface area contributed by atoms with Crippen LogP contribution in [0.1, 0.15) is 5.56 Å². The van der Waals surface area contributed by atoms with Crippen molar-refractivity contribution in [1.82, 2.24) is 0 Å². The van der Waals surface area contributed by atoms with Crippen LogP contribution in [0.15, 0.2) is 22.8 Å². The third kappa shape index (κ3) is 0.763. The second kappa shape index (κ2) is 2.17. The molecule has 0 saturated heterocycles. The van der Waals surface area contributed by atoms with Gasteiger partial charge in [-0.25, -0.2) is 0 Å². The van der Waals surface area contributed by atoms with Crippen molar-refractivity contribution in [2.75, 3.05) is 5.73 Å². The predicted molar refractivity (Wildman–Crippen MR) is 47.0 cm³/mol. The van der Waals surface area contributed by atoms with Crippen LogP contribution in [-0.4, -0.2) is 5.11 Å². The lowest BCUT2D eigenvalue weighted by atomic mass is 10.1.